The Morgan fingerprint density at radius 2 is 1.90 bits per heavy atom. The van der Waals surface area contributed by atoms with E-state index in [1.54, 1.807) is 11.6 Å². The van der Waals surface area contributed by atoms with Crippen molar-refractivity contribution in [3.05, 3.63) is 65.6 Å². The number of hydrogen-bond donors (Lipinski definition) is 0. The smallest absolute Gasteiger partial charge is 0.219 e. The first-order valence-electron chi connectivity index (χ1n) is 15.0. The van der Waals surface area contributed by atoms with E-state index in [0.717, 1.165) is 71.9 Å². The van der Waals surface area contributed by atoms with Crippen LogP contribution in [-0.4, -0.2) is 51.9 Å². The number of hydrogen-bond acceptors (Lipinski definition) is 4. The average Bonchev–Trinajstić information content (AvgIpc) is 3.42. The number of aryl methyl sites for hydroxylation is 2. The van der Waals surface area contributed by atoms with Gasteiger partial charge in [0.2, 0.25) is 5.91 Å². The van der Waals surface area contributed by atoms with Gasteiger partial charge in [0.25, 0.3) is 0 Å². The van der Waals surface area contributed by atoms with Gasteiger partial charge in [-0.2, -0.15) is 5.10 Å². The lowest BCUT2D eigenvalue weighted by Crippen LogP contribution is -2.35. The lowest BCUT2D eigenvalue weighted by molar-refractivity contribution is -0.128. The van der Waals surface area contributed by atoms with Gasteiger partial charge in [0.15, 0.2) is 0 Å². The van der Waals surface area contributed by atoms with E-state index in [1.165, 1.54) is 48.6 Å². The van der Waals surface area contributed by atoms with Gasteiger partial charge in [-0.05, 0) is 72.6 Å². The molecule has 1 amide bonds. The highest BCUT2D eigenvalue weighted by Crippen LogP contribution is 2.37. The van der Waals surface area contributed by atoms with Crippen molar-refractivity contribution >= 4 is 22.3 Å². The van der Waals surface area contributed by atoms with Crippen LogP contribution in [0.2, 0.25) is 0 Å². The standard InChI is InChI=1S/C32H40N4O2.C2H6/c1-22(28-10-7-11-29-23(2)32(33-19-30(28)29)27-18-34-35(4)20-27)31-21-36(24(3)37)15-12-26(31)9-6-5-8-25-13-16-38-17-14-25;1-2/h7,10-11,18-20,25H,1,5-6,8-9,12-17,21H2,2-4H3;1-2H3. The van der Waals surface area contributed by atoms with E-state index in [2.05, 4.69) is 36.8 Å². The number of rotatable bonds is 8. The molecule has 0 unspecified atom stereocenters. The molecule has 1 fully saturated rings. The molecular formula is C34H46N4O2. The number of fused-ring (bicyclic) bond motifs is 1. The largest absolute Gasteiger partial charge is 0.381 e. The first-order chi connectivity index (χ1) is 19.4. The third-order valence-electron chi connectivity index (χ3n) is 8.44. The second-order valence-corrected chi connectivity index (χ2v) is 11.0. The summed E-state index contributed by atoms with van der Waals surface area (Å²) in [7, 11) is 1.92. The maximum atomic E-state index is 12.3. The van der Waals surface area contributed by atoms with Gasteiger partial charge in [0.1, 0.15) is 0 Å². The molecule has 4 heterocycles. The van der Waals surface area contributed by atoms with Gasteiger partial charge in [0, 0.05) is 63.6 Å². The topological polar surface area (TPSA) is 60.2 Å². The normalized spacial score (nSPS) is 16.2. The van der Waals surface area contributed by atoms with Crippen LogP contribution < -0.4 is 0 Å². The number of aromatic nitrogens is 3. The van der Waals surface area contributed by atoms with Crippen molar-refractivity contribution in [2.45, 2.75) is 72.6 Å². The van der Waals surface area contributed by atoms with Crippen LogP contribution in [0.15, 0.2) is 54.5 Å². The highest BCUT2D eigenvalue weighted by atomic mass is 16.5. The Morgan fingerprint density at radius 3 is 2.60 bits per heavy atom. The number of nitrogens with zero attached hydrogens (tertiary/aromatic N) is 4. The number of carbonyl (C=O) groups excluding carboxylic acids is 1. The van der Waals surface area contributed by atoms with Crippen molar-refractivity contribution in [2.75, 3.05) is 26.3 Å². The summed E-state index contributed by atoms with van der Waals surface area (Å²) in [5.41, 5.74) is 7.95. The summed E-state index contributed by atoms with van der Waals surface area (Å²) in [5.74, 6) is 0.945. The van der Waals surface area contributed by atoms with Crippen LogP contribution in [-0.2, 0) is 16.6 Å². The molecule has 214 valence electrons. The quantitative estimate of drug-likeness (QED) is 0.276. The predicted octanol–water partition coefficient (Wildman–Crippen LogP) is 7.52. The van der Waals surface area contributed by atoms with Gasteiger partial charge in [-0.1, -0.05) is 57.0 Å². The van der Waals surface area contributed by atoms with Crippen molar-refractivity contribution in [1.29, 1.82) is 0 Å². The second-order valence-electron chi connectivity index (χ2n) is 11.0. The van der Waals surface area contributed by atoms with E-state index in [9.17, 15) is 4.79 Å². The molecule has 2 aromatic heterocycles. The van der Waals surface area contributed by atoms with Crippen molar-refractivity contribution in [2.24, 2.45) is 13.0 Å². The van der Waals surface area contributed by atoms with Gasteiger partial charge in [0.05, 0.1) is 11.9 Å². The minimum Gasteiger partial charge on any atom is -0.381 e. The fourth-order valence-corrected chi connectivity index (χ4v) is 6.11. The minimum atomic E-state index is 0.130. The van der Waals surface area contributed by atoms with Gasteiger partial charge in [-0.25, -0.2) is 0 Å². The fraction of sp³-hybridized carbons (Fsp3) is 0.500. The highest BCUT2D eigenvalue weighted by molar-refractivity contribution is 6.00. The number of pyridine rings is 1. The molecule has 0 spiro atoms. The molecule has 1 saturated heterocycles. The van der Waals surface area contributed by atoms with Crippen LogP contribution in [0.3, 0.4) is 0 Å². The van der Waals surface area contributed by atoms with Crippen molar-refractivity contribution < 1.29 is 9.53 Å². The average molecular weight is 543 g/mol. The molecule has 40 heavy (non-hydrogen) atoms. The number of amides is 1. The predicted molar refractivity (Wildman–Crippen MR) is 165 cm³/mol. The molecule has 0 radical (unpaired) electrons. The maximum Gasteiger partial charge on any atom is 0.219 e. The molecule has 6 heteroatoms. The number of benzene rings is 1. The van der Waals surface area contributed by atoms with Crippen molar-refractivity contribution in [3.63, 3.8) is 0 Å². The highest BCUT2D eigenvalue weighted by Gasteiger charge is 2.24. The van der Waals surface area contributed by atoms with E-state index in [4.69, 9.17) is 9.72 Å². The van der Waals surface area contributed by atoms with Crippen LogP contribution in [0.25, 0.3) is 27.6 Å². The summed E-state index contributed by atoms with van der Waals surface area (Å²) < 4.78 is 7.33. The van der Waals surface area contributed by atoms with Crippen LogP contribution in [0.4, 0.5) is 0 Å². The Bertz CT molecular complexity index is 1360. The van der Waals surface area contributed by atoms with E-state index in [-0.39, 0.29) is 5.91 Å². The van der Waals surface area contributed by atoms with Crippen molar-refractivity contribution in [3.8, 4) is 11.3 Å². The van der Waals surface area contributed by atoms with Crippen molar-refractivity contribution in [1.82, 2.24) is 19.7 Å². The Labute approximate surface area is 240 Å². The first-order valence-corrected chi connectivity index (χ1v) is 15.0. The van der Waals surface area contributed by atoms with Crippen LogP contribution in [0, 0.1) is 12.8 Å². The van der Waals surface area contributed by atoms with E-state index in [0.29, 0.717) is 6.54 Å². The molecule has 0 aliphatic carbocycles. The lowest BCUT2D eigenvalue weighted by Gasteiger charge is -2.32. The van der Waals surface area contributed by atoms with E-state index >= 15 is 0 Å². The minimum absolute atomic E-state index is 0.130. The monoisotopic (exact) mass is 542 g/mol. The molecule has 3 aromatic rings. The van der Waals surface area contributed by atoms with Crippen LogP contribution in [0.1, 0.15) is 76.8 Å². The molecule has 0 atom stereocenters. The third kappa shape index (κ3) is 6.72. The summed E-state index contributed by atoms with van der Waals surface area (Å²) in [6.07, 6.45) is 14.0. The molecular weight excluding hydrogens is 496 g/mol. The Hall–Kier alpha value is -3.25. The zero-order chi connectivity index (χ0) is 28.6. The Kier molecular flexibility index (Phi) is 10.3. The fourth-order valence-electron chi connectivity index (χ4n) is 6.11. The SMILES string of the molecule is C=C(C1=C(CCCCC2CCOCC2)CCN(C(C)=O)C1)c1cccc2c(C)c(-c3cnn(C)c3)ncc12.CC. The number of ether oxygens (including phenoxy) is 1. The molecule has 6 nitrogen and oxygen atoms in total. The van der Waals surface area contributed by atoms with E-state index < -0.39 is 0 Å². The van der Waals surface area contributed by atoms with E-state index in [1.807, 2.05) is 44.4 Å². The van der Waals surface area contributed by atoms with Gasteiger partial charge in [-0.3, -0.25) is 14.5 Å². The van der Waals surface area contributed by atoms with Gasteiger partial charge >= 0.3 is 0 Å². The summed E-state index contributed by atoms with van der Waals surface area (Å²) in [5, 5.41) is 6.61. The zero-order valence-electron chi connectivity index (χ0n) is 25.1. The lowest BCUT2D eigenvalue weighted by atomic mass is 9.85. The summed E-state index contributed by atoms with van der Waals surface area (Å²) in [4.78, 5) is 19.1. The van der Waals surface area contributed by atoms with Crippen LogP contribution >= 0.6 is 0 Å². The molecule has 1 aromatic carbocycles. The summed E-state index contributed by atoms with van der Waals surface area (Å²) in [6, 6.07) is 6.43. The first kappa shape index (κ1) is 29.7. The Morgan fingerprint density at radius 1 is 1.12 bits per heavy atom. The summed E-state index contributed by atoms with van der Waals surface area (Å²) in [6.45, 7) is 15.7. The third-order valence-corrected chi connectivity index (χ3v) is 8.44. The summed E-state index contributed by atoms with van der Waals surface area (Å²) >= 11 is 0. The molecule has 2 aliphatic rings. The molecule has 2 aliphatic heterocycles. The zero-order valence-corrected chi connectivity index (χ0v) is 25.1. The molecule has 0 bridgehead atoms. The Balaban J connectivity index is 0.00000181. The second kappa shape index (κ2) is 13.9. The molecule has 0 saturated carbocycles. The maximum absolute atomic E-state index is 12.3. The van der Waals surface area contributed by atoms with Crippen LogP contribution in [0.5, 0.6) is 0 Å². The molecule has 0 N–H and O–H groups in total. The van der Waals surface area contributed by atoms with Gasteiger partial charge < -0.3 is 9.64 Å². The number of carbonyl (C=O) groups is 1. The number of unbranched alkanes of at least 4 members (excludes halogenated alkanes) is 1. The van der Waals surface area contributed by atoms with Gasteiger partial charge in [-0.15, -0.1) is 0 Å². The molecule has 5 rings (SSSR count).